The lowest BCUT2D eigenvalue weighted by molar-refractivity contribution is 0.193. The summed E-state index contributed by atoms with van der Waals surface area (Å²) in [6, 6.07) is 1.85. The van der Waals surface area contributed by atoms with E-state index in [4.69, 9.17) is 4.74 Å². The van der Waals surface area contributed by atoms with Crippen molar-refractivity contribution in [2.75, 3.05) is 13.2 Å². The Morgan fingerprint density at radius 2 is 2.53 bits per heavy atom. The molecule has 1 fully saturated rings. The number of nitrogens with one attached hydrogen (secondary N) is 1. The average Bonchev–Trinajstić information content (AvgIpc) is 2.86. The van der Waals surface area contributed by atoms with Gasteiger partial charge in [-0.1, -0.05) is 0 Å². The second-order valence-electron chi connectivity index (χ2n) is 3.75. The molecule has 1 atom stereocenters. The van der Waals surface area contributed by atoms with E-state index in [2.05, 4.69) is 10.1 Å². The van der Waals surface area contributed by atoms with Crippen LogP contribution in [0.2, 0.25) is 0 Å². The molecule has 1 aliphatic heterocycles. The van der Waals surface area contributed by atoms with Gasteiger partial charge in [0.15, 0.2) is 0 Å². The molecule has 5 heteroatoms. The molecule has 3 rings (SSSR count). The highest BCUT2D eigenvalue weighted by atomic mass is 16.5. The Hall–Kier alpha value is -1.62. The fraction of sp³-hybridized carbons (Fsp3) is 0.400. The summed E-state index contributed by atoms with van der Waals surface area (Å²) >= 11 is 0. The molecular formula is C10H11N3O2. The third kappa shape index (κ3) is 1.35. The molecule has 0 aromatic carbocycles. The smallest absolute Gasteiger partial charge is 0.273 e. The van der Waals surface area contributed by atoms with Gasteiger partial charge in [0.25, 0.3) is 5.56 Å². The van der Waals surface area contributed by atoms with Crippen LogP contribution in [-0.4, -0.2) is 27.8 Å². The van der Waals surface area contributed by atoms with E-state index in [9.17, 15) is 4.79 Å². The van der Waals surface area contributed by atoms with Gasteiger partial charge in [0.1, 0.15) is 5.52 Å². The van der Waals surface area contributed by atoms with Crippen LogP contribution >= 0.6 is 0 Å². The van der Waals surface area contributed by atoms with E-state index in [1.54, 1.807) is 16.9 Å². The van der Waals surface area contributed by atoms with Gasteiger partial charge in [0, 0.05) is 24.9 Å². The molecule has 0 bridgehead atoms. The summed E-state index contributed by atoms with van der Waals surface area (Å²) in [5.74, 6) is 0.337. The first-order valence-electron chi connectivity index (χ1n) is 4.99. The summed E-state index contributed by atoms with van der Waals surface area (Å²) in [6.07, 6.45) is 4.33. The number of hydrogen-bond donors (Lipinski definition) is 1. The molecule has 2 aromatic rings. The number of ether oxygens (including phenoxy) is 1. The summed E-state index contributed by atoms with van der Waals surface area (Å²) in [7, 11) is 0. The Balaban J connectivity index is 2.13. The lowest BCUT2D eigenvalue weighted by Gasteiger charge is -2.00. The topological polar surface area (TPSA) is 59.4 Å². The van der Waals surface area contributed by atoms with Gasteiger partial charge in [-0.05, 0) is 12.5 Å². The normalized spacial score (nSPS) is 21.2. The van der Waals surface area contributed by atoms with E-state index in [0.29, 0.717) is 18.0 Å². The van der Waals surface area contributed by atoms with Crippen molar-refractivity contribution in [3.63, 3.8) is 0 Å². The van der Waals surface area contributed by atoms with E-state index in [-0.39, 0.29) is 5.56 Å². The van der Waals surface area contributed by atoms with Crippen molar-refractivity contribution in [2.45, 2.75) is 12.3 Å². The maximum Gasteiger partial charge on any atom is 0.273 e. The highest BCUT2D eigenvalue weighted by molar-refractivity contribution is 5.45. The zero-order valence-corrected chi connectivity index (χ0v) is 8.14. The highest BCUT2D eigenvalue weighted by Crippen LogP contribution is 2.23. The van der Waals surface area contributed by atoms with Crippen LogP contribution in [0, 0.1) is 0 Å². The number of hydrogen-bond acceptors (Lipinski definition) is 3. The van der Waals surface area contributed by atoms with Crippen LogP contribution < -0.4 is 5.56 Å². The summed E-state index contributed by atoms with van der Waals surface area (Å²) in [5.41, 5.74) is 1.44. The maximum absolute atomic E-state index is 11.5. The van der Waals surface area contributed by atoms with Crippen molar-refractivity contribution < 1.29 is 4.74 Å². The van der Waals surface area contributed by atoms with E-state index >= 15 is 0 Å². The van der Waals surface area contributed by atoms with Gasteiger partial charge in [0.2, 0.25) is 0 Å². The van der Waals surface area contributed by atoms with Crippen molar-refractivity contribution in [1.29, 1.82) is 0 Å². The Morgan fingerprint density at radius 3 is 3.27 bits per heavy atom. The molecule has 2 aromatic heterocycles. The second-order valence-corrected chi connectivity index (χ2v) is 3.75. The van der Waals surface area contributed by atoms with Crippen LogP contribution in [0.1, 0.15) is 18.0 Å². The zero-order chi connectivity index (χ0) is 10.3. The van der Waals surface area contributed by atoms with Crippen molar-refractivity contribution in [1.82, 2.24) is 14.6 Å². The van der Waals surface area contributed by atoms with Crippen molar-refractivity contribution >= 4 is 5.52 Å². The molecule has 1 saturated heterocycles. The van der Waals surface area contributed by atoms with Gasteiger partial charge < -0.3 is 9.72 Å². The van der Waals surface area contributed by atoms with Gasteiger partial charge in [0.05, 0.1) is 12.3 Å². The molecule has 0 radical (unpaired) electrons. The molecule has 1 N–H and O–H groups in total. The van der Waals surface area contributed by atoms with E-state index < -0.39 is 0 Å². The molecule has 78 valence electrons. The minimum absolute atomic E-state index is 0.102. The summed E-state index contributed by atoms with van der Waals surface area (Å²) in [5, 5.41) is 4.37. The summed E-state index contributed by atoms with van der Waals surface area (Å²) < 4.78 is 6.92. The molecule has 0 unspecified atom stereocenters. The molecule has 1 aliphatic rings. The number of H-pyrrole nitrogens is 1. The standard InChI is InChI=1S/C10H11N3O2/c14-10-9-5-8(7-1-4-15-6-7)12-13(9)3-2-11-10/h2-3,5,7H,1,4,6H2,(H,11,14)/t7-/m0/s1. The van der Waals surface area contributed by atoms with Crippen LogP contribution in [0.3, 0.4) is 0 Å². The summed E-state index contributed by atoms with van der Waals surface area (Å²) in [6.45, 7) is 1.50. The first kappa shape index (κ1) is 8.67. The third-order valence-electron chi connectivity index (χ3n) is 2.77. The van der Waals surface area contributed by atoms with E-state index in [0.717, 1.165) is 18.7 Å². The summed E-state index contributed by atoms with van der Waals surface area (Å²) in [4.78, 5) is 14.1. The van der Waals surface area contributed by atoms with E-state index in [1.165, 1.54) is 0 Å². The quantitative estimate of drug-likeness (QED) is 0.738. The predicted molar refractivity (Wildman–Crippen MR) is 54.0 cm³/mol. The lowest BCUT2D eigenvalue weighted by Crippen LogP contribution is -2.07. The fourth-order valence-corrected chi connectivity index (χ4v) is 1.92. The van der Waals surface area contributed by atoms with Crippen molar-refractivity contribution in [3.05, 3.63) is 34.5 Å². The lowest BCUT2D eigenvalue weighted by atomic mass is 10.1. The average molecular weight is 205 g/mol. The first-order chi connectivity index (χ1) is 7.34. The van der Waals surface area contributed by atoms with Crippen molar-refractivity contribution in [3.8, 4) is 0 Å². The SMILES string of the molecule is O=c1[nH]ccn2nc([C@H]3CCOC3)cc12. The molecule has 0 saturated carbocycles. The number of nitrogens with zero attached hydrogens (tertiary/aromatic N) is 2. The molecule has 5 nitrogen and oxygen atoms in total. The van der Waals surface area contributed by atoms with Gasteiger partial charge >= 0.3 is 0 Å². The van der Waals surface area contributed by atoms with Gasteiger partial charge in [-0.15, -0.1) is 0 Å². The largest absolute Gasteiger partial charge is 0.381 e. The molecule has 3 heterocycles. The Labute approximate surface area is 85.7 Å². The minimum Gasteiger partial charge on any atom is -0.381 e. The number of aromatic amines is 1. The molecule has 15 heavy (non-hydrogen) atoms. The number of aromatic nitrogens is 3. The van der Waals surface area contributed by atoms with Crippen LogP contribution in [-0.2, 0) is 4.74 Å². The van der Waals surface area contributed by atoms with Crippen LogP contribution in [0.25, 0.3) is 5.52 Å². The number of rotatable bonds is 1. The first-order valence-corrected chi connectivity index (χ1v) is 4.99. The number of fused-ring (bicyclic) bond motifs is 1. The zero-order valence-electron chi connectivity index (χ0n) is 8.14. The Bertz CT molecular complexity index is 537. The second kappa shape index (κ2) is 3.20. The molecular weight excluding hydrogens is 194 g/mol. The minimum atomic E-state index is -0.102. The van der Waals surface area contributed by atoms with Gasteiger partial charge in [-0.25, -0.2) is 4.52 Å². The fourth-order valence-electron chi connectivity index (χ4n) is 1.92. The Kier molecular flexibility index (Phi) is 1.85. The molecule has 0 aliphatic carbocycles. The molecule has 0 amide bonds. The van der Waals surface area contributed by atoms with Crippen LogP contribution in [0.4, 0.5) is 0 Å². The highest BCUT2D eigenvalue weighted by Gasteiger charge is 2.20. The molecule has 0 spiro atoms. The Morgan fingerprint density at radius 1 is 1.60 bits per heavy atom. The van der Waals surface area contributed by atoms with Gasteiger partial charge in [-0.3, -0.25) is 4.79 Å². The maximum atomic E-state index is 11.5. The van der Waals surface area contributed by atoms with Crippen LogP contribution in [0.5, 0.6) is 0 Å². The van der Waals surface area contributed by atoms with Gasteiger partial charge in [-0.2, -0.15) is 5.10 Å². The van der Waals surface area contributed by atoms with E-state index in [1.807, 2.05) is 6.07 Å². The van der Waals surface area contributed by atoms with Crippen LogP contribution in [0.15, 0.2) is 23.3 Å². The third-order valence-corrected chi connectivity index (χ3v) is 2.77. The monoisotopic (exact) mass is 205 g/mol. The van der Waals surface area contributed by atoms with Crippen molar-refractivity contribution in [2.24, 2.45) is 0 Å². The predicted octanol–water partition coefficient (Wildman–Crippen LogP) is 0.526.